The molecule has 0 radical (unpaired) electrons. The number of allylic oxidation sites excluding steroid dienone is 1. The highest BCUT2D eigenvalue weighted by atomic mass is 35.5. The average Bonchev–Trinajstić information content (AvgIpc) is 2.37. The summed E-state index contributed by atoms with van der Waals surface area (Å²) in [6.07, 6.45) is 1.82. The van der Waals surface area contributed by atoms with E-state index in [0.29, 0.717) is 11.1 Å². The molecule has 0 aliphatic carbocycles. The fourth-order valence-electron chi connectivity index (χ4n) is 1.90. The Hall–Kier alpha value is -1.67. The van der Waals surface area contributed by atoms with Crippen LogP contribution in [0.1, 0.15) is 16.7 Å². The number of halogens is 3. The molecule has 0 saturated heterocycles. The van der Waals surface area contributed by atoms with E-state index in [9.17, 15) is 8.78 Å². The highest BCUT2D eigenvalue weighted by Gasteiger charge is 2.08. The molecule has 0 aliphatic rings. The Balaban J connectivity index is 2.44. The molecular formula is C16H13ClF2. The second kappa shape index (κ2) is 5.98. The normalized spacial score (nSPS) is 11.7. The van der Waals surface area contributed by atoms with Gasteiger partial charge in [-0.2, -0.15) is 0 Å². The number of alkyl halides is 1. The molecular weight excluding hydrogens is 266 g/mol. The van der Waals surface area contributed by atoms with Crippen LogP contribution in [0.5, 0.6) is 0 Å². The summed E-state index contributed by atoms with van der Waals surface area (Å²) < 4.78 is 26.6. The summed E-state index contributed by atoms with van der Waals surface area (Å²) in [5.74, 6) is -1.03. The molecule has 2 aromatic rings. The quantitative estimate of drug-likeness (QED) is 0.544. The average molecular weight is 279 g/mol. The number of benzene rings is 2. The fourth-order valence-corrected chi connectivity index (χ4v) is 2.12. The predicted molar refractivity (Wildman–Crippen MR) is 76.1 cm³/mol. The lowest BCUT2D eigenvalue weighted by Gasteiger charge is -2.06. The van der Waals surface area contributed by atoms with Crippen molar-refractivity contribution >= 4 is 23.3 Å². The van der Waals surface area contributed by atoms with Crippen molar-refractivity contribution in [2.75, 3.05) is 5.88 Å². The van der Waals surface area contributed by atoms with E-state index in [-0.39, 0.29) is 5.88 Å². The summed E-state index contributed by atoms with van der Waals surface area (Å²) in [4.78, 5) is 0. The van der Waals surface area contributed by atoms with Gasteiger partial charge < -0.3 is 0 Å². The molecule has 98 valence electrons. The third-order valence-corrected chi connectivity index (χ3v) is 3.09. The number of hydrogen-bond donors (Lipinski definition) is 0. The topological polar surface area (TPSA) is 0 Å². The smallest absolute Gasteiger partial charge is 0.133 e. The molecule has 0 aromatic heterocycles. The largest absolute Gasteiger partial charge is 0.207 e. The highest BCUT2D eigenvalue weighted by molar-refractivity contribution is 6.24. The Morgan fingerprint density at radius 1 is 1.16 bits per heavy atom. The van der Waals surface area contributed by atoms with Crippen LogP contribution in [0.25, 0.3) is 11.6 Å². The van der Waals surface area contributed by atoms with Gasteiger partial charge >= 0.3 is 0 Å². The van der Waals surface area contributed by atoms with Crippen LogP contribution in [0.3, 0.4) is 0 Å². The molecule has 0 nitrogen and oxygen atoms in total. The van der Waals surface area contributed by atoms with Gasteiger partial charge in [-0.1, -0.05) is 29.8 Å². The summed E-state index contributed by atoms with van der Waals surface area (Å²) in [5, 5.41) is 0. The molecule has 3 heteroatoms. The van der Waals surface area contributed by atoms with Crippen molar-refractivity contribution in [3.8, 4) is 0 Å². The Kier molecular flexibility index (Phi) is 4.33. The first kappa shape index (κ1) is 13.8. The summed E-state index contributed by atoms with van der Waals surface area (Å²) in [6.45, 7) is 1.98. The summed E-state index contributed by atoms with van der Waals surface area (Å²) in [6, 6.07) is 11.3. The third kappa shape index (κ3) is 3.42. The van der Waals surface area contributed by atoms with Crippen LogP contribution in [-0.4, -0.2) is 5.88 Å². The van der Waals surface area contributed by atoms with E-state index in [1.807, 2.05) is 37.3 Å². The van der Waals surface area contributed by atoms with Gasteiger partial charge in [0.05, 0.1) is 0 Å². The van der Waals surface area contributed by atoms with Crippen LogP contribution in [-0.2, 0) is 0 Å². The van der Waals surface area contributed by atoms with Gasteiger partial charge in [0.25, 0.3) is 0 Å². The third-order valence-electron chi connectivity index (χ3n) is 2.80. The summed E-state index contributed by atoms with van der Waals surface area (Å²) >= 11 is 5.87. The second-order valence-electron chi connectivity index (χ2n) is 4.34. The van der Waals surface area contributed by atoms with Crippen LogP contribution in [0.2, 0.25) is 0 Å². The lowest BCUT2D eigenvalue weighted by molar-refractivity contribution is 0.581. The van der Waals surface area contributed by atoms with E-state index in [4.69, 9.17) is 11.6 Å². The van der Waals surface area contributed by atoms with E-state index >= 15 is 0 Å². The number of rotatable bonds is 3. The van der Waals surface area contributed by atoms with Crippen molar-refractivity contribution < 1.29 is 8.78 Å². The van der Waals surface area contributed by atoms with Crippen LogP contribution < -0.4 is 0 Å². The Bertz CT molecular complexity index is 618. The molecule has 0 spiro atoms. The van der Waals surface area contributed by atoms with Gasteiger partial charge in [-0.05, 0) is 36.3 Å². The summed E-state index contributed by atoms with van der Waals surface area (Å²) in [5.41, 5.74) is 3.02. The minimum Gasteiger partial charge on any atom is -0.207 e. The first-order valence-electron chi connectivity index (χ1n) is 5.89. The molecule has 0 aliphatic heterocycles. The molecule has 0 saturated carbocycles. The second-order valence-corrected chi connectivity index (χ2v) is 4.61. The van der Waals surface area contributed by atoms with Crippen LogP contribution in [0.4, 0.5) is 8.78 Å². The van der Waals surface area contributed by atoms with E-state index in [1.165, 1.54) is 12.1 Å². The molecule has 0 N–H and O–H groups in total. The molecule has 0 amide bonds. The molecule has 2 rings (SSSR count). The van der Waals surface area contributed by atoms with Gasteiger partial charge in [0.2, 0.25) is 0 Å². The molecule has 0 unspecified atom stereocenters. The van der Waals surface area contributed by atoms with Crippen molar-refractivity contribution in [2.24, 2.45) is 0 Å². The minimum absolute atomic E-state index is 0.163. The monoisotopic (exact) mass is 278 g/mol. The van der Waals surface area contributed by atoms with Crippen molar-refractivity contribution in [2.45, 2.75) is 6.92 Å². The highest BCUT2D eigenvalue weighted by Crippen LogP contribution is 2.23. The molecule has 0 heterocycles. The maximum atomic E-state index is 13.7. The van der Waals surface area contributed by atoms with Crippen LogP contribution >= 0.6 is 11.6 Å². The fraction of sp³-hybridized carbons (Fsp3) is 0.125. The zero-order valence-corrected chi connectivity index (χ0v) is 11.2. The van der Waals surface area contributed by atoms with Crippen LogP contribution in [0, 0.1) is 18.6 Å². The zero-order valence-electron chi connectivity index (χ0n) is 10.5. The first-order chi connectivity index (χ1) is 9.10. The van der Waals surface area contributed by atoms with Crippen LogP contribution in [0.15, 0.2) is 42.5 Å². The van der Waals surface area contributed by atoms with Crippen molar-refractivity contribution in [3.05, 3.63) is 70.8 Å². The van der Waals surface area contributed by atoms with Crippen molar-refractivity contribution in [3.63, 3.8) is 0 Å². The van der Waals surface area contributed by atoms with Gasteiger partial charge in [0.15, 0.2) is 0 Å². The molecule has 2 aromatic carbocycles. The Morgan fingerprint density at radius 2 is 1.95 bits per heavy atom. The number of aryl methyl sites for hydroxylation is 1. The Labute approximate surface area is 116 Å². The minimum atomic E-state index is -0.598. The van der Waals surface area contributed by atoms with Gasteiger partial charge in [-0.15, -0.1) is 11.6 Å². The van der Waals surface area contributed by atoms with Gasteiger partial charge in [-0.25, -0.2) is 8.78 Å². The maximum absolute atomic E-state index is 13.7. The van der Waals surface area contributed by atoms with E-state index in [0.717, 1.165) is 17.2 Å². The number of hydrogen-bond acceptors (Lipinski definition) is 0. The lowest BCUT2D eigenvalue weighted by Crippen LogP contribution is -1.93. The SMILES string of the molecule is Cc1cccc(C=C(CCl)c2ccc(F)cc2F)c1. The summed E-state index contributed by atoms with van der Waals surface area (Å²) in [7, 11) is 0. The maximum Gasteiger partial charge on any atom is 0.133 e. The molecule has 0 bridgehead atoms. The van der Waals surface area contributed by atoms with E-state index in [1.54, 1.807) is 0 Å². The Morgan fingerprint density at radius 3 is 2.58 bits per heavy atom. The van der Waals surface area contributed by atoms with Gasteiger partial charge in [0.1, 0.15) is 11.6 Å². The predicted octanol–water partition coefficient (Wildman–Crippen LogP) is 5.05. The molecule has 0 atom stereocenters. The van der Waals surface area contributed by atoms with Gasteiger partial charge in [-0.3, -0.25) is 0 Å². The standard InChI is InChI=1S/C16H13ClF2/c1-11-3-2-4-12(7-11)8-13(10-17)15-6-5-14(18)9-16(15)19/h2-9H,10H2,1H3. The first-order valence-corrected chi connectivity index (χ1v) is 6.42. The molecule has 19 heavy (non-hydrogen) atoms. The van der Waals surface area contributed by atoms with Gasteiger partial charge in [0, 0.05) is 17.5 Å². The van der Waals surface area contributed by atoms with E-state index < -0.39 is 11.6 Å². The zero-order chi connectivity index (χ0) is 13.8. The lowest BCUT2D eigenvalue weighted by atomic mass is 10.0. The van der Waals surface area contributed by atoms with E-state index in [2.05, 4.69) is 0 Å². The van der Waals surface area contributed by atoms with Crippen molar-refractivity contribution in [1.82, 2.24) is 0 Å². The van der Waals surface area contributed by atoms with Crippen molar-refractivity contribution in [1.29, 1.82) is 0 Å². The molecule has 0 fully saturated rings.